The molecule has 9 heteroatoms. The van der Waals surface area contributed by atoms with Crippen LogP contribution in [-0.4, -0.2) is 58.4 Å². The predicted molar refractivity (Wildman–Crippen MR) is 113 cm³/mol. The molecule has 1 fully saturated rings. The van der Waals surface area contributed by atoms with Crippen LogP contribution in [-0.2, 0) is 19.6 Å². The zero-order chi connectivity index (χ0) is 22.4. The van der Waals surface area contributed by atoms with Crippen LogP contribution in [0.15, 0.2) is 53.4 Å². The third-order valence-electron chi connectivity index (χ3n) is 5.24. The third-order valence-corrected chi connectivity index (χ3v) is 7.15. The summed E-state index contributed by atoms with van der Waals surface area (Å²) in [4.78, 5) is 24.7. The molecule has 166 valence electrons. The van der Waals surface area contributed by atoms with Gasteiger partial charge in [-0.15, -0.1) is 0 Å². The van der Waals surface area contributed by atoms with E-state index in [9.17, 15) is 18.0 Å². The Hall–Kier alpha value is -2.91. The van der Waals surface area contributed by atoms with Crippen LogP contribution in [0, 0.1) is 5.92 Å². The van der Waals surface area contributed by atoms with Gasteiger partial charge in [-0.3, -0.25) is 9.59 Å². The standard InChI is InChI=1S/C22H25NO7S/c1-28-18-5-3-16(4-6-18)21(24)15-30-22(25)17-11-13-23(14-12-17)31(26,27)20-9-7-19(29-2)8-10-20/h3-10,17H,11-15H2,1-2H3. The first-order valence-corrected chi connectivity index (χ1v) is 11.3. The fourth-order valence-corrected chi connectivity index (χ4v) is 4.81. The number of carbonyl (C=O) groups excluding carboxylic acids is 2. The van der Waals surface area contributed by atoms with Gasteiger partial charge >= 0.3 is 5.97 Å². The molecule has 0 N–H and O–H groups in total. The highest BCUT2D eigenvalue weighted by Gasteiger charge is 2.33. The van der Waals surface area contributed by atoms with E-state index in [0.717, 1.165) is 0 Å². The number of piperidine rings is 1. The number of sulfonamides is 1. The lowest BCUT2D eigenvalue weighted by Gasteiger charge is -2.30. The SMILES string of the molecule is COc1ccc(C(=O)COC(=O)C2CCN(S(=O)(=O)c3ccc(OC)cc3)CC2)cc1. The topological polar surface area (TPSA) is 99.2 Å². The summed E-state index contributed by atoms with van der Waals surface area (Å²) in [6, 6.07) is 12.7. The second-order valence-electron chi connectivity index (χ2n) is 7.11. The van der Waals surface area contributed by atoms with Gasteiger partial charge in [-0.1, -0.05) is 0 Å². The lowest BCUT2D eigenvalue weighted by Crippen LogP contribution is -2.40. The second kappa shape index (κ2) is 9.93. The van der Waals surface area contributed by atoms with Crippen molar-refractivity contribution in [2.75, 3.05) is 33.9 Å². The molecule has 0 spiro atoms. The minimum absolute atomic E-state index is 0.180. The molecule has 0 bridgehead atoms. The Kier molecular flexibility index (Phi) is 7.29. The molecule has 2 aromatic rings. The molecule has 0 amide bonds. The summed E-state index contributed by atoms with van der Waals surface area (Å²) >= 11 is 0. The molecule has 1 aliphatic heterocycles. The van der Waals surface area contributed by atoms with Crippen LogP contribution in [0.2, 0.25) is 0 Å². The van der Waals surface area contributed by atoms with Crippen LogP contribution in [0.1, 0.15) is 23.2 Å². The normalized spacial score (nSPS) is 15.3. The lowest BCUT2D eigenvalue weighted by molar-refractivity contribution is -0.148. The third kappa shape index (κ3) is 5.42. The molecule has 0 aliphatic carbocycles. The number of rotatable bonds is 8. The minimum atomic E-state index is -3.64. The molecule has 2 aromatic carbocycles. The maximum absolute atomic E-state index is 12.8. The van der Waals surface area contributed by atoms with E-state index in [-0.39, 0.29) is 30.4 Å². The van der Waals surface area contributed by atoms with E-state index < -0.39 is 21.9 Å². The van der Waals surface area contributed by atoms with Crippen molar-refractivity contribution in [1.82, 2.24) is 4.31 Å². The maximum Gasteiger partial charge on any atom is 0.309 e. The van der Waals surface area contributed by atoms with Gasteiger partial charge in [0.2, 0.25) is 10.0 Å². The zero-order valence-corrected chi connectivity index (χ0v) is 18.3. The highest BCUT2D eigenvalue weighted by molar-refractivity contribution is 7.89. The molecular weight excluding hydrogens is 422 g/mol. The Labute approximate surface area is 181 Å². The molecule has 0 atom stereocenters. The predicted octanol–water partition coefficient (Wildman–Crippen LogP) is 2.53. The molecule has 0 unspecified atom stereocenters. The van der Waals surface area contributed by atoms with Crippen LogP contribution in [0.4, 0.5) is 0 Å². The van der Waals surface area contributed by atoms with Crippen molar-refractivity contribution in [3.63, 3.8) is 0 Å². The molecule has 31 heavy (non-hydrogen) atoms. The molecule has 0 radical (unpaired) electrons. The van der Waals surface area contributed by atoms with Crippen molar-refractivity contribution in [1.29, 1.82) is 0 Å². The van der Waals surface area contributed by atoms with Crippen molar-refractivity contribution in [3.05, 3.63) is 54.1 Å². The van der Waals surface area contributed by atoms with Crippen molar-refractivity contribution in [2.24, 2.45) is 5.92 Å². The van der Waals surface area contributed by atoms with Crippen LogP contribution in [0.25, 0.3) is 0 Å². The Morgan fingerprint density at radius 3 is 1.94 bits per heavy atom. The Balaban J connectivity index is 1.51. The first-order chi connectivity index (χ1) is 14.8. The number of methoxy groups -OCH3 is 2. The number of nitrogens with zero attached hydrogens (tertiary/aromatic N) is 1. The highest BCUT2D eigenvalue weighted by atomic mass is 32.2. The number of benzene rings is 2. The fourth-order valence-electron chi connectivity index (χ4n) is 3.34. The summed E-state index contributed by atoms with van der Waals surface area (Å²) < 4.78 is 42.2. The number of hydrogen-bond acceptors (Lipinski definition) is 7. The summed E-state index contributed by atoms with van der Waals surface area (Å²) in [6.07, 6.45) is 0.676. The van der Waals surface area contributed by atoms with Crippen LogP contribution in [0.5, 0.6) is 11.5 Å². The number of carbonyl (C=O) groups is 2. The molecule has 0 saturated carbocycles. The van der Waals surface area contributed by atoms with Crippen LogP contribution in [0.3, 0.4) is 0 Å². The summed E-state index contributed by atoms with van der Waals surface area (Å²) in [6.45, 7) is 0.0661. The molecule has 1 aliphatic rings. The lowest BCUT2D eigenvalue weighted by atomic mass is 9.98. The molecular formula is C22H25NO7S. The van der Waals surface area contributed by atoms with Gasteiger partial charge < -0.3 is 14.2 Å². The zero-order valence-electron chi connectivity index (χ0n) is 17.4. The molecule has 8 nitrogen and oxygen atoms in total. The van der Waals surface area contributed by atoms with Crippen LogP contribution >= 0.6 is 0 Å². The van der Waals surface area contributed by atoms with E-state index in [1.54, 1.807) is 36.4 Å². The summed E-state index contributed by atoms with van der Waals surface area (Å²) in [5.74, 6) is -0.0284. The van der Waals surface area contributed by atoms with Crippen LogP contribution < -0.4 is 9.47 Å². The van der Waals surface area contributed by atoms with Gasteiger partial charge in [0, 0.05) is 18.7 Å². The van der Waals surface area contributed by atoms with Crippen molar-refractivity contribution in [2.45, 2.75) is 17.7 Å². The monoisotopic (exact) mass is 447 g/mol. The van der Waals surface area contributed by atoms with E-state index in [2.05, 4.69) is 0 Å². The summed E-state index contributed by atoms with van der Waals surface area (Å²) in [5, 5.41) is 0. The fraction of sp³-hybridized carbons (Fsp3) is 0.364. The van der Waals surface area contributed by atoms with Gasteiger partial charge in [0.25, 0.3) is 0 Å². The van der Waals surface area contributed by atoms with E-state index in [1.165, 1.54) is 30.7 Å². The Morgan fingerprint density at radius 2 is 1.42 bits per heavy atom. The van der Waals surface area contributed by atoms with Gasteiger partial charge in [0.05, 0.1) is 25.0 Å². The minimum Gasteiger partial charge on any atom is -0.497 e. The van der Waals surface area contributed by atoms with Crippen molar-refractivity contribution >= 4 is 21.8 Å². The van der Waals surface area contributed by atoms with Gasteiger partial charge in [0.15, 0.2) is 12.4 Å². The highest BCUT2D eigenvalue weighted by Crippen LogP contribution is 2.26. The molecule has 1 saturated heterocycles. The summed E-state index contributed by atoms with van der Waals surface area (Å²) in [5.41, 5.74) is 0.425. The first kappa shape index (κ1) is 22.8. The maximum atomic E-state index is 12.8. The summed E-state index contributed by atoms with van der Waals surface area (Å²) in [7, 11) is -0.597. The van der Waals surface area contributed by atoms with E-state index >= 15 is 0 Å². The van der Waals surface area contributed by atoms with Gasteiger partial charge in [-0.05, 0) is 61.4 Å². The van der Waals surface area contributed by atoms with E-state index in [0.29, 0.717) is 29.9 Å². The van der Waals surface area contributed by atoms with E-state index in [4.69, 9.17) is 14.2 Å². The molecule has 0 aromatic heterocycles. The van der Waals surface area contributed by atoms with E-state index in [1.807, 2.05) is 0 Å². The molecule has 3 rings (SSSR count). The van der Waals surface area contributed by atoms with Crippen molar-refractivity contribution in [3.8, 4) is 11.5 Å². The number of ketones is 1. The average molecular weight is 448 g/mol. The average Bonchev–Trinajstić information content (AvgIpc) is 2.82. The molecule has 1 heterocycles. The van der Waals surface area contributed by atoms with Crippen molar-refractivity contribution < 1.29 is 32.2 Å². The smallest absolute Gasteiger partial charge is 0.309 e. The van der Waals surface area contributed by atoms with Gasteiger partial charge in [-0.25, -0.2) is 8.42 Å². The van der Waals surface area contributed by atoms with Gasteiger partial charge in [-0.2, -0.15) is 4.31 Å². The number of esters is 1. The largest absolute Gasteiger partial charge is 0.497 e. The van der Waals surface area contributed by atoms with Gasteiger partial charge in [0.1, 0.15) is 11.5 Å². The number of Topliss-reactive ketones (excluding diaryl/α,β-unsaturated/α-hetero) is 1. The Bertz CT molecular complexity index is 1010. The first-order valence-electron chi connectivity index (χ1n) is 9.83. The number of ether oxygens (including phenoxy) is 3. The second-order valence-corrected chi connectivity index (χ2v) is 9.05. The Morgan fingerprint density at radius 1 is 0.903 bits per heavy atom. The number of hydrogen-bond donors (Lipinski definition) is 0. The quantitative estimate of drug-likeness (QED) is 0.453.